The molecule has 1 N–H and O–H groups in total. The smallest absolute Gasteiger partial charge is 0.239 e. The standard InChI is InChI=1S/C19H28ClN3O2.ClH/c1-14(2)12-18(21-3)19(24)23-10-8-17(9-11-23)22-25-13-15-4-6-16(20)7-5-15;/h4-7,14,18,21H,8-13H2,1-3H3;1H/t18-;/m0./s1. The van der Waals surface area contributed by atoms with Crippen LogP contribution in [0, 0.1) is 5.92 Å². The van der Waals surface area contributed by atoms with Crippen LogP contribution >= 0.6 is 24.0 Å². The quantitative estimate of drug-likeness (QED) is 0.704. The summed E-state index contributed by atoms with van der Waals surface area (Å²) in [5, 5.41) is 8.09. The van der Waals surface area contributed by atoms with Crippen molar-refractivity contribution in [3.63, 3.8) is 0 Å². The largest absolute Gasteiger partial charge is 0.391 e. The maximum absolute atomic E-state index is 12.6. The summed E-state index contributed by atoms with van der Waals surface area (Å²) in [6.07, 6.45) is 2.39. The van der Waals surface area contributed by atoms with Gasteiger partial charge >= 0.3 is 0 Å². The van der Waals surface area contributed by atoms with Crippen molar-refractivity contribution in [2.24, 2.45) is 11.1 Å². The average molecular weight is 402 g/mol. The van der Waals surface area contributed by atoms with Crippen molar-refractivity contribution >= 4 is 35.6 Å². The van der Waals surface area contributed by atoms with E-state index in [1.54, 1.807) is 0 Å². The third-order valence-corrected chi connectivity index (χ3v) is 4.60. The Bertz CT molecular complexity index is 581. The average Bonchev–Trinajstić information content (AvgIpc) is 2.61. The van der Waals surface area contributed by atoms with Crippen LogP contribution in [0.4, 0.5) is 0 Å². The van der Waals surface area contributed by atoms with Gasteiger partial charge in [-0.25, -0.2) is 0 Å². The van der Waals surface area contributed by atoms with E-state index < -0.39 is 0 Å². The summed E-state index contributed by atoms with van der Waals surface area (Å²) >= 11 is 5.86. The highest BCUT2D eigenvalue weighted by atomic mass is 35.5. The van der Waals surface area contributed by atoms with Crippen LogP contribution in [0.1, 0.15) is 38.7 Å². The maximum Gasteiger partial charge on any atom is 0.239 e. The van der Waals surface area contributed by atoms with Crippen LogP contribution in [0.2, 0.25) is 5.02 Å². The summed E-state index contributed by atoms with van der Waals surface area (Å²) in [5.41, 5.74) is 2.05. The molecule has 0 bridgehead atoms. The van der Waals surface area contributed by atoms with Gasteiger partial charge in [0.1, 0.15) is 6.61 Å². The van der Waals surface area contributed by atoms with Crippen LogP contribution in [-0.2, 0) is 16.2 Å². The second kappa shape index (κ2) is 11.4. The molecule has 1 aliphatic heterocycles. The molecule has 0 spiro atoms. The van der Waals surface area contributed by atoms with Crippen molar-refractivity contribution in [3.05, 3.63) is 34.9 Å². The second-order valence-electron chi connectivity index (χ2n) is 6.85. The zero-order valence-electron chi connectivity index (χ0n) is 15.7. The molecule has 1 amide bonds. The minimum Gasteiger partial charge on any atom is -0.391 e. The van der Waals surface area contributed by atoms with Crippen molar-refractivity contribution in [1.29, 1.82) is 0 Å². The number of likely N-dealkylation sites (tertiary alicyclic amines) is 1. The summed E-state index contributed by atoms with van der Waals surface area (Å²) < 4.78 is 0. The summed E-state index contributed by atoms with van der Waals surface area (Å²) in [6, 6.07) is 7.44. The third kappa shape index (κ3) is 7.14. The molecule has 1 atom stereocenters. The van der Waals surface area contributed by atoms with Crippen LogP contribution in [-0.4, -0.2) is 42.7 Å². The number of halogens is 2. The number of nitrogens with one attached hydrogen (secondary N) is 1. The predicted octanol–water partition coefficient (Wildman–Crippen LogP) is 3.89. The fourth-order valence-corrected chi connectivity index (χ4v) is 3.02. The van der Waals surface area contributed by atoms with E-state index in [0.717, 1.165) is 30.5 Å². The lowest BCUT2D eigenvalue weighted by Crippen LogP contribution is -2.48. The molecule has 0 radical (unpaired) electrons. The van der Waals surface area contributed by atoms with Crippen LogP contribution in [0.5, 0.6) is 0 Å². The zero-order chi connectivity index (χ0) is 18.2. The number of nitrogens with zero attached hydrogens (tertiary/aromatic N) is 2. The Morgan fingerprint density at radius 2 is 1.88 bits per heavy atom. The zero-order valence-corrected chi connectivity index (χ0v) is 17.3. The Kier molecular flexibility index (Phi) is 9.99. The number of likely N-dealkylation sites (N-methyl/N-ethyl adjacent to an activating group) is 1. The Hall–Kier alpha value is -1.30. The van der Waals surface area contributed by atoms with E-state index in [1.807, 2.05) is 36.2 Å². The number of carbonyl (C=O) groups excluding carboxylic acids is 1. The highest BCUT2D eigenvalue weighted by molar-refractivity contribution is 6.30. The number of hydrogen-bond acceptors (Lipinski definition) is 4. The van der Waals surface area contributed by atoms with E-state index >= 15 is 0 Å². The Balaban J connectivity index is 0.00000338. The molecule has 0 aromatic heterocycles. The van der Waals surface area contributed by atoms with E-state index in [-0.39, 0.29) is 24.4 Å². The highest BCUT2D eigenvalue weighted by Crippen LogP contribution is 2.14. The number of benzene rings is 1. The van der Waals surface area contributed by atoms with Crippen LogP contribution in [0.3, 0.4) is 0 Å². The van der Waals surface area contributed by atoms with Gasteiger partial charge < -0.3 is 15.1 Å². The van der Waals surface area contributed by atoms with Gasteiger partial charge in [-0.05, 0) is 37.1 Å². The topological polar surface area (TPSA) is 53.9 Å². The van der Waals surface area contributed by atoms with Gasteiger partial charge in [0.15, 0.2) is 0 Å². The molecule has 5 nitrogen and oxygen atoms in total. The van der Waals surface area contributed by atoms with Gasteiger partial charge in [0.05, 0.1) is 11.8 Å². The summed E-state index contributed by atoms with van der Waals surface area (Å²) in [7, 11) is 1.85. The lowest BCUT2D eigenvalue weighted by atomic mass is 10.0. The van der Waals surface area contributed by atoms with E-state index in [9.17, 15) is 4.79 Å². The molecule has 1 heterocycles. The molecular formula is C19H29Cl2N3O2. The molecule has 1 fully saturated rings. The van der Waals surface area contributed by atoms with Gasteiger partial charge in [0.2, 0.25) is 5.91 Å². The second-order valence-corrected chi connectivity index (χ2v) is 7.29. The number of rotatable bonds is 7. The molecule has 1 aliphatic rings. The third-order valence-electron chi connectivity index (χ3n) is 4.34. The molecule has 1 aromatic rings. The molecular weight excluding hydrogens is 373 g/mol. The molecule has 26 heavy (non-hydrogen) atoms. The lowest BCUT2D eigenvalue weighted by molar-refractivity contribution is -0.133. The van der Waals surface area contributed by atoms with Gasteiger partial charge in [0, 0.05) is 31.0 Å². The molecule has 7 heteroatoms. The van der Waals surface area contributed by atoms with E-state index in [0.29, 0.717) is 30.6 Å². The summed E-state index contributed by atoms with van der Waals surface area (Å²) in [6.45, 7) is 6.11. The van der Waals surface area contributed by atoms with Gasteiger partial charge in [-0.2, -0.15) is 0 Å². The van der Waals surface area contributed by atoms with Crippen LogP contribution in [0.25, 0.3) is 0 Å². The van der Waals surface area contributed by atoms with Crippen molar-refractivity contribution in [1.82, 2.24) is 10.2 Å². The maximum atomic E-state index is 12.6. The van der Waals surface area contributed by atoms with E-state index in [1.165, 1.54) is 0 Å². The first-order chi connectivity index (χ1) is 12.0. The van der Waals surface area contributed by atoms with Crippen LogP contribution in [0.15, 0.2) is 29.4 Å². The highest BCUT2D eigenvalue weighted by Gasteiger charge is 2.26. The Labute approximate surface area is 167 Å². The first-order valence-corrected chi connectivity index (χ1v) is 9.25. The van der Waals surface area contributed by atoms with Crippen LogP contribution < -0.4 is 5.32 Å². The molecule has 146 valence electrons. The number of piperidine rings is 1. The van der Waals surface area contributed by atoms with E-state index in [2.05, 4.69) is 24.3 Å². The predicted molar refractivity (Wildman–Crippen MR) is 109 cm³/mol. The molecule has 0 aliphatic carbocycles. The van der Waals surface area contributed by atoms with Crippen molar-refractivity contribution in [3.8, 4) is 0 Å². The van der Waals surface area contributed by atoms with Crippen molar-refractivity contribution < 1.29 is 9.63 Å². The Morgan fingerprint density at radius 1 is 1.27 bits per heavy atom. The number of hydrogen-bond donors (Lipinski definition) is 1. The molecule has 1 aromatic carbocycles. The number of carbonyl (C=O) groups is 1. The SMILES string of the molecule is CN[C@@H](CC(C)C)C(=O)N1CCC(=NOCc2ccc(Cl)cc2)CC1.Cl. The fraction of sp³-hybridized carbons (Fsp3) is 0.579. The first-order valence-electron chi connectivity index (χ1n) is 8.87. The Morgan fingerprint density at radius 3 is 2.42 bits per heavy atom. The minimum absolute atomic E-state index is 0. The lowest BCUT2D eigenvalue weighted by Gasteiger charge is -2.31. The normalized spacial score (nSPS) is 15.4. The minimum atomic E-state index is -0.0976. The fourth-order valence-electron chi connectivity index (χ4n) is 2.89. The van der Waals surface area contributed by atoms with Gasteiger partial charge in [0.25, 0.3) is 0 Å². The molecule has 0 saturated carbocycles. The van der Waals surface area contributed by atoms with Crippen molar-refractivity contribution in [2.45, 2.75) is 45.8 Å². The van der Waals surface area contributed by atoms with Gasteiger partial charge in [-0.1, -0.05) is 42.7 Å². The molecule has 0 unspecified atom stereocenters. The summed E-state index contributed by atoms with van der Waals surface area (Å²) in [4.78, 5) is 20.0. The molecule has 2 rings (SSSR count). The number of amides is 1. The van der Waals surface area contributed by atoms with E-state index in [4.69, 9.17) is 16.4 Å². The van der Waals surface area contributed by atoms with Gasteiger partial charge in [-0.3, -0.25) is 4.79 Å². The monoisotopic (exact) mass is 401 g/mol. The first kappa shape index (κ1) is 22.7. The summed E-state index contributed by atoms with van der Waals surface area (Å²) in [5.74, 6) is 0.682. The van der Waals surface area contributed by atoms with Crippen molar-refractivity contribution in [2.75, 3.05) is 20.1 Å². The van der Waals surface area contributed by atoms with Gasteiger partial charge in [-0.15, -0.1) is 12.4 Å². The molecule has 1 saturated heterocycles. The number of oxime groups is 1.